The lowest BCUT2D eigenvalue weighted by atomic mass is 10.0. The SMILES string of the molecule is COc1ccc(CCNC(=O)Cn2cc(-c3ccccc3CC(N)=O)nn2)cc1OC. The van der Waals surface area contributed by atoms with Crippen molar-refractivity contribution in [3.8, 4) is 22.8 Å². The van der Waals surface area contributed by atoms with Gasteiger partial charge in [-0.25, -0.2) is 4.68 Å². The van der Waals surface area contributed by atoms with Gasteiger partial charge in [-0.05, 0) is 29.7 Å². The van der Waals surface area contributed by atoms with Gasteiger partial charge in [-0.1, -0.05) is 35.5 Å². The molecule has 0 aliphatic carbocycles. The van der Waals surface area contributed by atoms with Crippen LogP contribution in [0.3, 0.4) is 0 Å². The van der Waals surface area contributed by atoms with Crippen molar-refractivity contribution < 1.29 is 19.1 Å². The molecule has 1 aromatic heterocycles. The van der Waals surface area contributed by atoms with Crippen LogP contribution in [0.2, 0.25) is 0 Å². The van der Waals surface area contributed by atoms with E-state index in [1.165, 1.54) is 4.68 Å². The number of hydrogen-bond donors (Lipinski definition) is 2. The molecule has 3 aromatic rings. The molecular weight excluding hydrogens is 398 g/mol. The lowest BCUT2D eigenvalue weighted by Gasteiger charge is -2.10. The van der Waals surface area contributed by atoms with Gasteiger partial charge in [0.2, 0.25) is 11.8 Å². The Labute approximate surface area is 180 Å². The predicted molar refractivity (Wildman–Crippen MR) is 115 cm³/mol. The highest BCUT2D eigenvalue weighted by Gasteiger charge is 2.12. The summed E-state index contributed by atoms with van der Waals surface area (Å²) >= 11 is 0. The Balaban J connectivity index is 1.56. The van der Waals surface area contributed by atoms with Crippen LogP contribution in [0.4, 0.5) is 0 Å². The number of nitrogens with one attached hydrogen (secondary N) is 1. The Morgan fingerprint density at radius 2 is 1.87 bits per heavy atom. The number of primary amides is 1. The van der Waals surface area contributed by atoms with Gasteiger partial charge in [-0.2, -0.15) is 0 Å². The van der Waals surface area contributed by atoms with Crippen molar-refractivity contribution in [2.45, 2.75) is 19.4 Å². The molecule has 0 bridgehead atoms. The molecule has 9 nitrogen and oxygen atoms in total. The summed E-state index contributed by atoms with van der Waals surface area (Å²) in [7, 11) is 3.17. The number of nitrogens with two attached hydrogens (primary N) is 1. The fourth-order valence-corrected chi connectivity index (χ4v) is 3.20. The normalized spacial score (nSPS) is 10.5. The van der Waals surface area contributed by atoms with E-state index in [1.807, 2.05) is 42.5 Å². The van der Waals surface area contributed by atoms with Gasteiger partial charge in [0.15, 0.2) is 11.5 Å². The van der Waals surface area contributed by atoms with Crippen LogP contribution in [0, 0.1) is 0 Å². The minimum atomic E-state index is -0.423. The smallest absolute Gasteiger partial charge is 0.241 e. The van der Waals surface area contributed by atoms with Crippen LogP contribution in [-0.2, 0) is 29.0 Å². The van der Waals surface area contributed by atoms with Crippen LogP contribution in [0.15, 0.2) is 48.7 Å². The fourth-order valence-electron chi connectivity index (χ4n) is 3.20. The molecule has 1 heterocycles. The van der Waals surface area contributed by atoms with Gasteiger partial charge in [-0.15, -0.1) is 5.10 Å². The highest BCUT2D eigenvalue weighted by Crippen LogP contribution is 2.27. The second-order valence-electron chi connectivity index (χ2n) is 6.89. The highest BCUT2D eigenvalue weighted by atomic mass is 16.5. The van der Waals surface area contributed by atoms with Crippen molar-refractivity contribution in [1.29, 1.82) is 0 Å². The summed E-state index contributed by atoms with van der Waals surface area (Å²) in [6.07, 6.45) is 2.43. The number of carbonyl (C=O) groups excluding carboxylic acids is 2. The number of benzene rings is 2. The molecule has 0 radical (unpaired) electrons. The summed E-state index contributed by atoms with van der Waals surface area (Å²) in [4.78, 5) is 23.6. The molecule has 3 N–H and O–H groups in total. The third-order valence-electron chi connectivity index (χ3n) is 4.69. The minimum Gasteiger partial charge on any atom is -0.493 e. The monoisotopic (exact) mass is 423 g/mol. The summed E-state index contributed by atoms with van der Waals surface area (Å²) in [5.41, 5.74) is 8.44. The maximum Gasteiger partial charge on any atom is 0.241 e. The van der Waals surface area contributed by atoms with Crippen molar-refractivity contribution in [1.82, 2.24) is 20.3 Å². The molecule has 9 heteroatoms. The summed E-state index contributed by atoms with van der Waals surface area (Å²) in [6.45, 7) is 0.508. The summed E-state index contributed by atoms with van der Waals surface area (Å²) in [6, 6.07) is 13.0. The second kappa shape index (κ2) is 10.2. The Kier molecular flexibility index (Phi) is 7.21. The van der Waals surface area contributed by atoms with E-state index in [0.29, 0.717) is 30.2 Å². The molecule has 162 valence electrons. The topological polar surface area (TPSA) is 121 Å². The van der Waals surface area contributed by atoms with Crippen molar-refractivity contribution in [3.05, 3.63) is 59.8 Å². The van der Waals surface area contributed by atoms with Gasteiger partial charge < -0.3 is 20.5 Å². The van der Waals surface area contributed by atoms with Crippen molar-refractivity contribution in [3.63, 3.8) is 0 Å². The Bertz CT molecular complexity index is 1060. The van der Waals surface area contributed by atoms with E-state index in [2.05, 4.69) is 15.6 Å². The van der Waals surface area contributed by atoms with E-state index in [4.69, 9.17) is 15.2 Å². The zero-order valence-corrected chi connectivity index (χ0v) is 17.5. The summed E-state index contributed by atoms with van der Waals surface area (Å²) < 4.78 is 12.0. The van der Waals surface area contributed by atoms with Crippen LogP contribution in [0.5, 0.6) is 11.5 Å². The molecule has 3 rings (SSSR count). The molecule has 0 saturated heterocycles. The first-order chi connectivity index (χ1) is 15.0. The number of methoxy groups -OCH3 is 2. The first-order valence-corrected chi connectivity index (χ1v) is 9.74. The molecule has 0 fully saturated rings. The number of amides is 2. The van der Waals surface area contributed by atoms with Gasteiger partial charge in [0.25, 0.3) is 0 Å². The molecule has 0 atom stereocenters. The number of nitrogens with zero attached hydrogens (tertiary/aromatic N) is 3. The van der Waals surface area contributed by atoms with Crippen molar-refractivity contribution in [2.24, 2.45) is 5.73 Å². The largest absolute Gasteiger partial charge is 0.493 e. The second-order valence-corrected chi connectivity index (χ2v) is 6.89. The maximum absolute atomic E-state index is 12.3. The number of ether oxygens (including phenoxy) is 2. The molecule has 0 spiro atoms. The molecular formula is C22H25N5O4. The minimum absolute atomic E-state index is 0.0386. The number of carbonyl (C=O) groups is 2. The van der Waals surface area contributed by atoms with Crippen LogP contribution in [-0.4, -0.2) is 47.6 Å². The van der Waals surface area contributed by atoms with Crippen LogP contribution in [0.1, 0.15) is 11.1 Å². The average Bonchev–Trinajstić information content (AvgIpc) is 3.21. The molecule has 31 heavy (non-hydrogen) atoms. The predicted octanol–water partition coefficient (Wildman–Crippen LogP) is 1.35. The van der Waals surface area contributed by atoms with Gasteiger partial charge in [0.05, 0.1) is 26.8 Å². The van der Waals surface area contributed by atoms with Crippen LogP contribution in [0.25, 0.3) is 11.3 Å². The molecule has 2 aromatic carbocycles. The zero-order valence-electron chi connectivity index (χ0n) is 17.5. The third-order valence-corrected chi connectivity index (χ3v) is 4.69. The van der Waals surface area contributed by atoms with E-state index in [-0.39, 0.29) is 18.9 Å². The van der Waals surface area contributed by atoms with E-state index in [0.717, 1.165) is 16.7 Å². The Morgan fingerprint density at radius 1 is 1.10 bits per heavy atom. The first-order valence-electron chi connectivity index (χ1n) is 9.74. The summed E-state index contributed by atoms with van der Waals surface area (Å²) in [5.74, 6) is 0.712. The standard InChI is InChI=1S/C22H25N5O4/c1-30-19-8-7-15(11-20(19)31-2)9-10-24-22(29)14-27-13-18(25-26-27)17-6-4-3-5-16(17)12-21(23)28/h3-8,11,13H,9-10,12,14H2,1-2H3,(H2,23,28)(H,24,29). The van der Waals surface area contributed by atoms with E-state index in [9.17, 15) is 9.59 Å². The quantitative estimate of drug-likeness (QED) is 0.508. The molecule has 0 saturated carbocycles. The van der Waals surface area contributed by atoms with Gasteiger partial charge in [-0.3, -0.25) is 9.59 Å². The molecule has 2 amide bonds. The lowest BCUT2D eigenvalue weighted by molar-refractivity contribution is -0.122. The summed E-state index contributed by atoms with van der Waals surface area (Å²) in [5, 5.41) is 11.0. The third kappa shape index (κ3) is 5.81. The van der Waals surface area contributed by atoms with Crippen LogP contribution >= 0.6 is 0 Å². The zero-order chi connectivity index (χ0) is 22.2. The highest BCUT2D eigenvalue weighted by molar-refractivity contribution is 5.80. The van der Waals surface area contributed by atoms with Crippen molar-refractivity contribution in [2.75, 3.05) is 20.8 Å². The molecule has 0 unspecified atom stereocenters. The molecule has 0 aliphatic rings. The number of rotatable bonds is 10. The van der Waals surface area contributed by atoms with Gasteiger partial charge >= 0.3 is 0 Å². The van der Waals surface area contributed by atoms with E-state index >= 15 is 0 Å². The fraction of sp³-hybridized carbons (Fsp3) is 0.273. The Morgan fingerprint density at radius 3 is 2.61 bits per heavy atom. The Hall–Kier alpha value is -3.88. The molecule has 0 aliphatic heterocycles. The van der Waals surface area contributed by atoms with Gasteiger partial charge in [0.1, 0.15) is 12.2 Å². The number of aromatic nitrogens is 3. The van der Waals surface area contributed by atoms with E-state index in [1.54, 1.807) is 20.4 Å². The maximum atomic E-state index is 12.3. The number of hydrogen-bond acceptors (Lipinski definition) is 6. The van der Waals surface area contributed by atoms with Gasteiger partial charge in [0, 0.05) is 12.1 Å². The first kappa shape index (κ1) is 21.8. The van der Waals surface area contributed by atoms with E-state index < -0.39 is 5.91 Å². The van der Waals surface area contributed by atoms with Crippen molar-refractivity contribution >= 4 is 11.8 Å². The lowest BCUT2D eigenvalue weighted by Crippen LogP contribution is -2.29. The average molecular weight is 423 g/mol. The van der Waals surface area contributed by atoms with Crippen LogP contribution < -0.4 is 20.5 Å².